The Morgan fingerprint density at radius 1 is 0.100 bits per heavy atom. The quantitative estimate of drug-likeness (QED) is 0.137. The maximum atomic E-state index is 2.29. The second-order valence-corrected chi connectivity index (χ2v) is 15.4. The van der Waals surface area contributed by atoms with Gasteiger partial charge in [-0.3, -0.25) is 0 Å². The third-order valence-corrected chi connectivity index (χ3v) is 11.6. The van der Waals surface area contributed by atoms with Gasteiger partial charge < -0.3 is 0 Å². The zero-order valence-corrected chi connectivity index (χ0v) is 33.2. The second kappa shape index (κ2) is 16.6. The van der Waals surface area contributed by atoms with Crippen molar-refractivity contribution in [1.82, 2.24) is 0 Å². The van der Waals surface area contributed by atoms with Crippen molar-refractivity contribution >= 4 is 0 Å². The molecule has 0 nitrogen and oxygen atoms in total. The first-order valence-corrected chi connectivity index (χ1v) is 20.6. The van der Waals surface area contributed by atoms with Crippen molar-refractivity contribution < 1.29 is 0 Å². The molecule has 10 aromatic carbocycles. The van der Waals surface area contributed by atoms with Crippen LogP contribution in [0.25, 0.3) is 100 Å². The van der Waals surface area contributed by atoms with Crippen LogP contribution >= 0.6 is 0 Å². The summed E-state index contributed by atoms with van der Waals surface area (Å²) in [5.74, 6) is 0. The molecule has 10 aromatic rings. The Balaban J connectivity index is 0.781. The summed E-state index contributed by atoms with van der Waals surface area (Å²) >= 11 is 0. The van der Waals surface area contributed by atoms with Crippen LogP contribution in [-0.2, 0) is 0 Å². The Labute approximate surface area is 353 Å². The third-order valence-electron chi connectivity index (χ3n) is 11.6. The van der Waals surface area contributed by atoms with Crippen molar-refractivity contribution in [3.8, 4) is 100 Å². The van der Waals surface area contributed by atoms with Crippen LogP contribution in [0.2, 0.25) is 0 Å². The van der Waals surface area contributed by atoms with Crippen molar-refractivity contribution in [2.45, 2.75) is 0 Å². The van der Waals surface area contributed by atoms with Crippen LogP contribution in [0, 0.1) is 0 Å². The van der Waals surface area contributed by atoms with E-state index in [1.54, 1.807) is 0 Å². The van der Waals surface area contributed by atoms with Gasteiger partial charge in [0.05, 0.1) is 0 Å². The summed E-state index contributed by atoms with van der Waals surface area (Å²) in [6, 6.07) is 92.1. The van der Waals surface area contributed by atoms with Crippen molar-refractivity contribution in [1.29, 1.82) is 0 Å². The fraction of sp³-hybridized carbons (Fsp3) is 0. The van der Waals surface area contributed by atoms with Crippen molar-refractivity contribution in [3.63, 3.8) is 0 Å². The summed E-state index contributed by atoms with van der Waals surface area (Å²) in [5.41, 5.74) is 21.9. The van der Waals surface area contributed by atoms with Gasteiger partial charge in [0.1, 0.15) is 0 Å². The van der Waals surface area contributed by atoms with Gasteiger partial charge in [-0.25, -0.2) is 0 Å². The molecular weight excluding hydrogens is 721 g/mol. The first-order valence-electron chi connectivity index (χ1n) is 20.6. The molecule has 0 saturated heterocycles. The highest BCUT2D eigenvalue weighted by atomic mass is 14.1. The van der Waals surface area contributed by atoms with Crippen LogP contribution in [0.1, 0.15) is 0 Å². The summed E-state index contributed by atoms with van der Waals surface area (Å²) in [4.78, 5) is 0. The molecule has 0 fully saturated rings. The smallest absolute Gasteiger partial charge is 0.0178 e. The molecule has 0 heteroatoms. The summed E-state index contributed by atoms with van der Waals surface area (Å²) in [5, 5.41) is 0. The Hall–Kier alpha value is -7.80. The Morgan fingerprint density at radius 3 is 0.417 bits per heavy atom. The van der Waals surface area contributed by atoms with Gasteiger partial charge in [-0.1, -0.05) is 249 Å². The van der Waals surface area contributed by atoms with Gasteiger partial charge in [0.2, 0.25) is 0 Å². The van der Waals surface area contributed by atoms with Crippen LogP contribution in [-0.4, -0.2) is 0 Å². The summed E-state index contributed by atoms with van der Waals surface area (Å²) in [7, 11) is 0. The van der Waals surface area contributed by atoms with Crippen molar-refractivity contribution in [2.24, 2.45) is 0 Å². The molecule has 0 unspecified atom stereocenters. The first kappa shape index (κ1) is 36.5. The third kappa shape index (κ3) is 7.88. The van der Waals surface area contributed by atoms with Gasteiger partial charge in [0.25, 0.3) is 0 Å². The SMILES string of the molecule is c1ccc(-c2ccc(-c3ccc(-c4ccc(-c5ccc(-c6cccc(-c7ccc(-c8ccc(-c9ccc(-c%10ccccc%10)cc9)cc8)cc7)c6)cc5)cc4)cc3)cc2)cc1. The molecular formula is C60H42. The molecule has 0 aliphatic rings. The fourth-order valence-electron chi connectivity index (χ4n) is 8.13. The minimum absolute atomic E-state index is 1.21. The first-order chi connectivity index (χ1) is 29.7. The minimum Gasteiger partial charge on any atom is -0.0622 e. The summed E-state index contributed by atoms with van der Waals surface area (Å²) in [6.07, 6.45) is 0. The lowest BCUT2D eigenvalue weighted by Crippen LogP contribution is -1.85. The van der Waals surface area contributed by atoms with Crippen molar-refractivity contribution in [3.05, 3.63) is 255 Å². The van der Waals surface area contributed by atoms with Crippen LogP contribution in [0.5, 0.6) is 0 Å². The molecule has 282 valence electrons. The van der Waals surface area contributed by atoms with E-state index in [4.69, 9.17) is 0 Å². The van der Waals surface area contributed by atoms with Gasteiger partial charge in [-0.15, -0.1) is 0 Å². The standard InChI is InChI=1S/C60H42/c1-3-8-43(9-4-1)45-14-18-47(19-15-45)49-22-24-51(25-23-49)52-28-32-54(33-29-52)56-36-40-58(41-37-56)60-13-7-12-59(42-60)57-38-34-55(35-39-57)53-30-26-50(27-31-53)48-20-16-46(17-21-48)44-10-5-2-6-11-44/h1-42H. The van der Waals surface area contributed by atoms with E-state index in [1.165, 1.54) is 100 Å². The summed E-state index contributed by atoms with van der Waals surface area (Å²) < 4.78 is 0. The van der Waals surface area contributed by atoms with Crippen molar-refractivity contribution in [2.75, 3.05) is 0 Å². The van der Waals surface area contributed by atoms with Gasteiger partial charge in [-0.05, 0) is 106 Å². The largest absolute Gasteiger partial charge is 0.0622 e. The lowest BCUT2D eigenvalue weighted by atomic mass is 9.95. The fourth-order valence-corrected chi connectivity index (χ4v) is 8.13. The molecule has 0 aromatic heterocycles. The molecule has 0 amide bonds. The van der Waals surface area contributed by atoms with E-state index >= 15 is 0 Å². The van der Waals surface area contributed by atoms with Gasteiger partial charge >= 0.3 is 0 Å². The maximum absolute atomic E-state index is 2.29. The predicted molar refractivity (Wildman–Crippen MR) is 255 cm³/mol. The van der Waals surface area contributed by atoms with E-state index in [2.05, 4.69) is 255 Å². The van der Waals surface area contributed by atoms with Crippen LogP contribution in [0.4, 0.5) is 0 Å². The highest BCUT2D eigenvalue weighted by molar-refractivity contribution is 5.79. The molecule has 0 heterocycles. The van der Waals surface area contributed by atoms with Crippen LogP contribution < -0.4 is 0 Å². The number of benzene rings is 10. The average Bonchev–Trinajstić information content (AvgIpc) is 3.35. The number of hydrogen-bond acceptors (Lipinski definition) is 0. The van der Waals surface area contributed by atoms with E-state index in [9.17, 15) is 0 Å². The Bertz CT molecular complexity index is 2960. The van der Waals surface area contributed by atoms with E-state index < -0.39 is 0 Å². The normalized spacial score (nSPS) is 11.0. The van der Waals surface area contributed by atoms with Crippen LogP contribution in [0.3, 0.4) is 0 Å². The zero-order valence-electron chi connectivity index (χ0n) is 33.2. The minimum atomic E-state index is 1.21. The molecule has 0 atom stereocenters. The van der Waals surface area contributed by atoms with E-state index in [-0.39, 0.29) is 0 Å². The molecule has 0 spiro atoms. The zero-order chi connectivity index (χ0) is 40.1. The monoisotopic (exact) mass is 762 g/mol. The Morgan fingerprint density at radius 2 is 0.233 bits per heavy atom. The lowest BCUT2D eigenvalue weighted by molar-refractivity contribution is 1.55. The average molecular weight is 763 g/mol. The molecule has 0 aliphatic heterocycles. The highest BCUT2D eigenvalue weighted by Crippen LogP contribution is 2.33. The number of rotatable bonds is 9. The van der Waals surface area contributed by atoms with Gasteiger partial charge in [-0.2, -0.15) is 0 Å². The molecule has 0 aliphatic carbocycles. The predicted octanol–water partition coefficient (Wildman–Crippen LogP) is 16.7. The molecule has 0 radical (unpaired) electrons. The lowest BCUT2D eigenvalue weighted by Gasteiger charge is -2.10. The number of hydrogen-bond donors (Lipinski definition) is 0. The highest BCUT2D eigenvalue weighted by Gasteiger charge is 2.08. The van der Waals surface area contributed by atoms with Crippen LogP contribution in [0.15, 0.2) is 255 Å². The van der Waals surface area contributed by atoms with E-state index in [1.807, 2.05) is 0 Å². The Kier molecular flexibility index (Phi) is 10.1. The van der Waals surface area contributed by atoms with E-state index in [0.717, 1.165) is 0 Å². The molecule has 0 N–H and O–H groups in total. The van der Waals surface area contributed by atoms with Gasteiger partial charge in [0.15, 0.2) is 0 Å². The van der Waals surface area contributed by atoms with Gasteiger partial charge in [0, 0.05) is 0 Å². The topological polar surface area (TPSA) is 0 Å². The molecule has 10 rings (SSSR count). The molecule has 0 bridgehead atoms. The molecule has 0 saturated carbocycles. The summed E-state index contributed by atoms with van der Waals surface area (Å²) in [6.45, 7) is 0. The second-order valence-electron chi connectivity index (χ2n) is 15.4. The van der Waals surface area contributed by atoms with E-state index in [0.29, 0.717) is 0 Å². The molecule has 60 heavy (non-hydrogen) atoms. The maximum Gasteiger partial charge on any atom is -0.0178 e.